The molecular formula is C18H22N2O4S. The van der Waals surface area contributed by atoms with Crippen molar-refractivity contribution in [2.45, 2.75) is 31.1 Å². The van der Waals surface area contributed by atoms with E-state index in [1.807, 2.05) is 31.2 Å². The van der Waals surface area contributed by atoms with Gasteiger partial charge in [-0.2, -0.15) is 0 Å². The number of rotatable bonds is 6. The quantitative estimate of drug-likeness (QED) is 0.625. The van der Waals surface area contributed by atoms with Crippen LogP contribution in [0.5, 0.6) is 0 Å². The smallest absolute Gasteiger partial charge is 0.270 e. The molecule has 7 heteroatoms. The van der Waals surface area contributed by atoms with Crippen LogP contribution in [-0.4, -0.2) is 26.1 Å². The van der Waals surface area contributed by atoms with E-state index >= 15 is 0 Å². The largest absolute Gasteiger partial charge is 0.383 e. The number of aryl methyl sites for hydroxylation is 1. The van der Waals surface area contributed by atoms with Crippen LogP contribution < -0.4 is 5.32 Å². The molecule has 0 bridgehead atoms. The topological polar surface area (TPSA) is 89.3 Å². The molecule has 0 atom stereocenters. The predicted molar refractivity (Wildman–Crippen MR) is 98.9 cm³/mol. The van der Waals surface area contributed by atoms with E-state index in [2.05, 4.69) is 19.2 Å². The number of nitrogens with zero attached hydrogens (tertiary/aromatic N) is 1. The zero-order valence-electron chi connectivity index (χ0n) is 14.7. The lowest BCUT2D eigenvalue weighted by molar-refractivity contribution is -0.385. The van der Waals surface area contributed by atoms with Crippen LogP contribution in [0.2, 0.25) is 0 Å². The Hall–Kier alpha value is -2.41. The van der Waals surface area contributed by atoms with Crippen molar-refractivity contribution in [3.05, 3.63) is 63.7 Å². The highest BCUT2D eigenvalue weighted by Crippen LogP contribution is 2.29. The standard InChI is InChI=1S/C18H22N2O4S/c1-13-5-7-14(8-6-13)18(2,3)12-19-16-10-9-15(20(21)22)11-17(16)25(4,23)24/h5-11,19H,12H2,1-4H3. The summed E-state index contributed by atoms with van der Waals surface area (Å²) in [5, 5.41) is 14.0. The molecule has 2 aromatic carbocycles. The fraction of sp³-hybridized carbons (Fsp3) is 0.333. The zero-order valence-corrected chi connectivity index (χ0v) is 15.6. The fourth-order valence-electron chi connectivity index (χ4n) is 2.50. The molecule has 0 heterocycles. The van der Waals surface area contributed by atoms with E-state index in [1.165, 1.54) is 17.7 Å². The first kappa shape index (κ1) is 18.9. The van der Waals surface area contributed by atoms with Gasteiger partial charge in [-0.15, -0.1) is 0 Å². The minimum absolute atomic E-state index is 0.0681. The van der Waals surface area contributed by atoms with Gasteiger partial charge in [-0.3, -0.25) is 10.1 Å². The summed E-state index contributed by atoms with van der Waals surface area (Å²) in [6.45, 7) is 6.60. The number of nitro groups is 1. The lowest BCUT2D eigenvalue weighted by Gasteiger charge is -2.27. The van der Waals surface area contributed by atoms with Gasteiger partial charge in [0, 0.05) is 30.3 Å². The van der Waals surface area contributed by atoms with Gasteiger partial charge in [-0.1, -0.05) is 43.7 Å². The van der Waals surface area contributed by atoms with Crippen LogP contribution in [0.1, 0.15) is 25.0 Å². The van der Waals surface area contributed by atoms with Crippen LogP contribution in [0.3, 0.4) is 0 Å². The molecule has 0 amide bonds. The second kappa shape index (κ2) is 6.84. The maximum absolute atomic E-state index is 12.0. The molecule has 134 valence electrons. The minimum atomic E-state index is -3.59. The average molecular weight is 362 g/mol. The number of anilines is 1. The van der Waals surface area contributed by atoms with Crippen LogP contribution in [0.4, 0.5) is 11.4 Å². The minimum Gasteiger partial charge on any atom is -0.383 e. The Morgan fingerprint density at radius 2 is 1.72 bits per heavy atom. The average Bonchev–Trinajstić information content (AvgIpc) is 2.52. The van der Waals surface area contributed by atoms with Crippen molar-refractivity contribution in [3.63, 3.8) is 0 Å². The number of hydrogen-bond donors (Lipinski definition) is 1. The van der Waals surface area contributed by atoms with E-state index in [1.54, 1.807) is 0 Å². The van der Waals surface area contributed by atoms with E-state index in [-0.39, 0.29) is 16.0 Å². The molecule has 1 N–H and O–H groups in total. The monoisotopic (exact) mass is 362 g/mol. The van der Waals surface area contributed by atoms with Gasteiger partial charge in [-0.05, 0) is 18.6 Å². The molecule has 2 aromatic rings. The Morgan fingerprint density at radius 1 is 1.12 bits per heavy atom. The van der Waals surface area contributed by atoms with Crippen molar-refractivity contribution in [1.29, 1.82) is 0 Å². The predicted octanol–water partition coefficient (Wildman–Crippen LogP) is 3.70. The maximum atomic E-state index is 12.0. The van der Waals surface area contributed by atoms with Crippen molar-refractivity contribution in [2.75, 3.05) is 18.1 Å². The van der Waals surface area contributed by atoms with E-state index in [9.17, 15) is 18.5 Å². The summed E-state index contributed by atoms with van der Waals surface area (Å²) in [7, 11) is -3.59. The van der Waals surface area contributed by atoms with Gasteiger partial charge >= 0.3 is 0 Å². The van der Waals surface area contributed by atoms with Gasteiger partial charge in [0.25, 0.3) is 5.69 Å². The van der Waals surface area contributed by atoms with Crippen LogP contribution >= 0.6 is 0 Å². The molecule has 0 fully saturated rings. The molecular weight excluding hydrogens is 340 g/mol. The van der Waals surface area contributed by atoms with Gasteiger partial charge in [0.15, 0.2) is 9.84 Å². The third kappa shape index (κ3) is 4.57. The third-order valence-electron chi connectivity index (χ3n) is 4.13. The molecule has 0 aliphatic carbocycles. The fourth-order valence-corrected chi connectivity index (χ4v) is 3.37. The Kier molecular flexibility index (Phi) is 5.17. The molecule has 0 unspecified atom stereocenters. The van der Waals surface area contributed by atoms with Crippen molar-refractivity contribution in [2.24, 2.45) is 0 Å². The van der Waals surface area contributed by atoms with E-state index in [0.717, 1.165) is 17.9 Å². The Bertz CT molecular complexity index is 888. The summed E-state index contributed by atoms with van der Waals surface area (Å²) >= 11 is 0. The second-order valence-corrected chi connectivity index (χ2v) is 8.80. The Balaban J connectivity index is 2.30. The SMILES string of the molecule is Cc1ccc(C(C)(C)CNc2ccc([N+](=O)[O-])cc2S(C)(=O)=O)cc1. The van der Waals surface area contributed by atoms with Crippen LogP contribution in [-0.2, 0) is 15.3 Å². The van der Waals surface area contributed by atoms with Gasteiger partial charge in [0.05, 0.1) is 15.5 Å². The highest BCUT2D eigenvalue weighted by molar-refractivity contribution is 7.90. The van der Waals surface area contributed by atoms with E-state index < -0.39 is 14.8 Å². The number of sulfone groups is 1. The van der Waals surface area contributed by atoms with Gasteiger partial charge in [0.1, 0.15) is 0 Å². The molecule has 0 aromatic heterocycles. The van der Waals surface area contributed by atoms with E-state index in [4.69, 9.17) is 0 Å². The summed E-state index contributed by atoms with van der Waals surface area (Å²) in [6.07, 6.45) is 1.04. The molecule has 25 heavy (non-hydrogen) atoms. The first-order chi connectivity index (χ1) is 11.5. The summed E-state index contributed by atoms with van der Waals surface area (Å²) in [5.41, 5.74) is 2.16. The first-order valence-corrected chi connectivity index (χ1v) is 9.69. The van der Waals surface area contributed by atoms with Crippen LogP contribution in [0, 0.1) is 17.0 Å². The molecule has 0 aliphatic rings. The van der Waals surface area contributed by atoms with Crippen LogP contribution in [0.25, 0.3) is 0 Å². The number of nitrogens with one attached hydrogen (secondary N) is 1. The zero-order chi connectivity index (χ0) is 18.8. The highest BCUT2D eigenvalue weighted by Gasteiger charge is 2.23. The molecule has 0 aliphatic heterocycles. The Morgan fingerprint density at radius 3 is 2.24 bits per heavy atom. The summed E-state index contributed by atoms with van der Waals surface area (Å²) in [6, 6.07) is 12.0. The summed E-state index contributed by atoms with van der Waals surface area (Å²) in [5.74, 6) is 0. The van der Waals surface area contributed by atoms with Crippen molar-refractivity contribution in [1.82, 2.24) is 0 Å². The maximum Gasteiger partial charge on any atom is 0.270 e. The number of nitro benzene ring substituents is 1. The molecule has 2 rings (SSSR count). The van der Waals surface area contributed by atoms with E-state index in [0.29, 0.717) is 12.2 Å². The van der Waals surface area contributed by atoms with Crippen molar-refractivity contribution in [3.8, 4) is 0 Å². The lowest BCUT2D eigenvalue weighted by atomic mass is 9.84. The molecule has 0 saturated heterocycles. The summed E-state index contributed by atoms with van der Waals surface area (Å²) in [4.78, 5) is 10.2. The molecule has 6 nitrogen and oxygen atoms in total. The number of hydrogen-bond acceptors (Lipinski definition) is 5. The molecule has 0 spiro atoms. The first-order valence-electron chi connectivity index (χ1n) is 7.80. The van der Waals surface area contributed by atoms with Gasteiger partial charge < -0.3 is 5.32 Å². The molecule has 0 radical (unpaired) electrons. The van der Waals surface area contributed by atoms with Crippen molar-refractivity contribution >= 4 is 21.2 Å². The summed E-state index contributed by atoms with van der Waals surface area (Å²) < 4.78 is 24.0. The van der Waals surface area contributed by atoms with Gasteiger partial charge in [-0.25, -0.2) is 8.42 Å². The van der Waals surface area contributed by atoms with Crippen molar-refractivity contribution < 1.29 is 13.3 Å². The Labute approximate surface area is 148 Å². The highest BCUT2D eigenvalue weighted by atomic mass is 32.2. The van der Waals surface area contributed by atoms with Crippen LogP contribution in [0.15, 0.2) is 47.4 Å². The number of non-ortho nitro benzene ring substituents is 1. The van der Waals surface area contributed by atoms with Gasteiger partial charge in [0.2, 0.25) is 0 Å². The second-order valence-electron chi connectivity index (χ2n) is 6.81. The lowest BCUT2D eigenvalue weighted by Crippen LogP contribution is -2.28. The third-order valence-corrected chi connectivity index (χ3v) is 5.27. The molecule has 0 saturated carbocycles. The number of benzene rings is 2. The normalized spacial score (nSPS) is 12.0.